The van der Waals surface area contributed by atoms with Crippen molar-refractivity contribution in [1.82, 2.24) is 15.5 Å². The molecule has 4 heteroatoms. The van der Waals surface area contributed by atoms with Gasteiger partial charge in [0.1, 0.15) is 0 Å². The summed E-state index contributed by atoms with van der Waals surface area (Å²) in [6, 6.07) is 0.0132. The highest BCUT2D eigenvalue weighted by Gasteiger charge is 2.26. The molecule has 1 heterocycles. The van der Waals surface area contributed by atoms with E-state index >= 15 is 0 Å². The molecule has 18 heavy (non-hydrogen) atoms. The maximum absolute atomic E-state index is 12.0. The third-order valence-electron chi connectivity index (χ3n) is 3.75. The van der Waals surface area contributed by atoms with E-state index in [-0.39, 0.29) is 11.9 Å². The van der Waals surface area contributed by atoms with E-state index in [1.807, 2.05) is 14.0 Å². The highest BCUT2D eigenvalue weighted by atomic mass is 16.2. The fourth-order valence-electron chi connectivity index (χ4n) is 2.45. The molecule has 0 aromatic heterocycles. The molecule has 0 spiro atoms. The number of carbonyl (C=O) groups is 1. The van der Waals surface area contributed by atoms with Gasteiger partial charge < -0.3 is 10.6 Å². The van der Waals surface area contributed by atoms with E-state index in [9.17, 15) is 4.79 Å². The molecule has 1 rings (SSSR count). The number of nitrogens with zero attached hydrogens (tertiary/aromatic N) is 1. The number of carbonyl (C=O) groups excluding carboxylic acids is 1. The van der Waals surface area contributed by atoms with E-state index in [1.54, 1.807) is 0 Å². The van der Waals surface area contributed by atoms with Gasteiger partial charge in [-0.25, -0.2) is 0 Å². The second kappa shape index (κ2) is 7.74. The number of piperidine rings is 1. The summed E-state index contributed by atoms with van der Waals surface area (Å²) in [5.74, 6) is 1.47. The summed E-state index contributed by atoms with van der Waals surface area (Å²) in [6.07, 6.45) is 2.39. The van der Waals surface area contributed by atoms with Crippen molar-refractivity contribution < 1.29 is 4.79 Å². The van der Waals surface area contributed by atoms with Crippen LogP contribution in [0.1, 0.15) is 33.6 Å². The van der Waals surface area contributed by atoms with Crippen LogP contribution in [0.3, 0.4) is 0 Å². The zero-order chi connectivity index (χ0) is 13.5. The molecular formula is C14H29N3O. The van der Waals surface area contributed by atoms with Crippen LogP contribution in [0.5, 0.6) is 0 Å². The van der Waals surface area contributed by atoms with Gasteiger partial charge in [-0.05, 0) is 58.3 Å². The molecule has 4 nitrogen and oxygen atoms in total. The van der Waals surface area contributed by atoms with Crippen molar-refractivity contribution in [3.63, 3.8) is 0 Å². The molecule has 0 aromatic rings. The molecular weight excluding hydrogens is 226 g/mol. The molecule has 1 unspecified atom stereocenters. The van der Waals surface area contributed by atoms with Crippen LogP contribution in [0.2, 0.25) is 0 Å². The minimum Gasteiger partial charge on any atom is -0.354 e. The summed E-state index contributed by atoms with van der Waals surface area (Å²) in [5.41, 5.74) is 0. The molecule has 1 aliphatic heterocycles. The predicted molar refractivity (Wildman–Crippen MR) is 75.5 cm³/mol. The summed E-state index contributed by atoms with van der Waals surface area (Å²) in [6.45, 7) is 10.2. The summed E-state index contributed by atoms with van der Waals surface area (Å²) >= 11 is 0. The van der Waals surface area contributed by atoms with Gasteiger partial charge in [0.2, 0.25) is 5.91 Å². The van der Waals surface area contributed by atoms with Crippen molar-refractivity contribution in [3.8, 4) is 0 Å². The summed E-state index contributed by atoms with van der Waals surface area (Å²) in [4.78, 5) is 14.3. The Morgan fingerprint density at radius 2 is 1.89 bits per heavy atom. The van der Waals surface area contributed by atoms with Crippen LogP contribution < -0.4 is 10.6 Å². The third-order valence-corrected chi connectivity index (χ3v) is 3.75. The first-order chi connectivity index (χ1) is 8.54. The average molecular weight is 255 g/mol. The molecule has 2 N–H and O–H groups in total. The average Bonchev–Trinajstić information content (AvgIpc) is 2.36. The number of likely N-dealkylation sites (tertiary alicyclic amines) is 1. The Hall–Kier alpha value is -0.610. The SMILES string of the molecule is CNCC1CCN(C(C)C(=O)NCC(C)C)CC1. The highest BCUT2D eigenvalue weighted by molar-refractivity contribution is 5.81. The lowest BCUT2D eigenvalue weighted by molar-refractivity contribution is -0.126. The minimum absolute atomic E-state index is 0.0132. The van der Waals surface area contributed by atoms with Crippen molar-refractivity contribution in [1.29, 1.82) is 0 Å². The zero-order valence-electron chi connectivity index (χ0n) is 12.3. The molecule has 1 amide bonds. The standard InChI is InChI=1S/C14H29N3O/c1-11(2)9-16-14(18)12(3)17-7-5-13(6-8-17)10-15-4/h11-13,15H,5-10H2,1-4H3,(H,16,18). The van der Waals surface area contributed by atoms with E-state index < -0.39 is 0 Å². The van der Waals surface area contributed by atoms with Gasteiger partial charge in [0.05, 0.1) is 6.04 Å². The topological polar surface area (TPSA) is 44.4 Å². The van der Waals surface area contributed by atoms with Crippen LogP contribution in [-0.2, 0) is 4.79 Å². The van der Waals surface area contributed by atoms with E-state index in [1.165, 1.54) is 12.8 Å². The molecule has 0 aliphatic carbocycles. The second-order valence-corrected chi connectivity index (χ2v) is 5.85. The molecule has 1 fully saturated rings. The smallest absolute Gasteiger partial charge is 0.237 e. The minimum atomic E-state index is 0.0132. The van der Waals surface area contributed by atoms with E-state index in [0.29, 0.717) is 5.92 Å². The Balaban J connectivity index is 2.30. The molecule has 0 saturated carbocycles. The maximum Gasteiger partial charge on any atom is 0.237 e. The molecule has 1 saturated heterocycles. The van der Waals surface area contributed by atoms with Crippen LogP contribution in [0.25, 0.3) is 0 Å². The van der Waals surface area contributed by atoms with Crippen LogP contribution in [0, 0.1) is 11.8 Å². The number of nitrogens with one attached hydrogen (secondary N) is 2. The van der Waals surface area contributed by atoms with Crippen molar-refractivity contribution >= 4 is 5.91 Å². The molecule has 0 radical (unpaired) electrons. The van der Waals surface area contributed by atoms with Crippen molar-refractivity contribution in [3.05, 3.63) is 0 Å². The third kappa shape index (κ3) is 4.94. The first-order valence-corrected chi connectivity index (χ1v) is 7.21. The van der Waals surface area contributed by atoms with Crippen LogP contribution in [0.15, 0.2) is 0 Å². The Morgan fingerprint density at radius 3 is 2.39 bits per heavy atom. The van der Waals surface area contributed by atoms with Gasteiger partial charge >= 0.3 is 0 Å². The Kier molecular flexibility index (Phi) is 6.65. The number of rotatable bonds is 6. The van der Waals surface area contributed by atoms with Crippen molar-refractivity contribution in [2.24, 2.45) is 11.8 Å². The van der Waals surface area contributed by atoms with Crippen LogP contribution in [-0.4, -0.2) is 50.1 Å². The Bertz CT molecular complexity index is 247. The largest absolute Gasteiger partial charge is 0.354 e. The van der Waals surface area contributed by atoms with Gasteiger partial charge in [-0.1, -0.05) is 13.8 Å². The lowest BCUT2D eigenvalue weighted by Crippen LogP contribution is -2.49. The van der Waals surface area contributed by atoms with Crippen molar-refractivity contribution in [2.75, 3.05) is 33.2 Å². The molecule has 1 aliphatic rings. The quantitative estimate of drug-likeness (QED) is 0.746. The first-order valence-electron chi connectivity index (χ1n) is 7.21. The lowest BCUT2D eigenvalue weighted by Gasteiger charge is -2.35. The van der Waals surface area contributed by atoms with Crippen molar-refractivity contribution in [2.45, 2.75) is 39.7 Å². The number of amides is 1. The highest BCUT2D eigenvalue weighted by Crippen LogP contribution is 2.18. The van der Waals surface area contributed by atoms with Gasteiger partial charge in [-0.3, -0.25) is 9.69 Å². The molecule has 106 valence electrons. The summed E-state index contributed by atoms with van der Waals surface area (Å²) < 4.78 is 0. The fourth-order valence-corrected chi connectivity index (χ4v) is 2.45. The van der Waals surface area contributed by atoms with Gasteiger partial charge in [0.15, 0.2) is 0 Å². The van der Waals surface area contributed by atoms with E-state index in [0.717, 1.165) is 32.1 Å². The number of hydrogen-bond acceptors (Lipinski definition) is 3. The van der Waals surface area contributed by atoms with Gasteiger partial charge in [-0.2, -0.15) is 0 Å². The molecule has 1 atom stereocenters. The fraction of sp³-hybridized carbons (Fsp3) is 0.929. The van der Waals surface area contributed by atoms with Gasteiger partial charge in [0, 0.05) is 6.54 Å². The van der Waals surface area contributed by atoms with Crippen LogP contribution in [0.4, 0.5) is 0 Å². The van der Waals surface area contributed by atoms with Gasteiger partial charge in [0.25, 0.3) is 0 Å². The normalized spacial score (nSPS) is 20.1. The summed E-state index contributed by atoms with van der Waals surface area (Å²) in [7, 11) is 2.01. The molecule has 0 bridgehead atoms. The molecule has 0 aromatic carbocycles. The van der Waals surface area contributed by atoms with Gasteiger partial charge in [-0.15, -0.1) is 0 Å². The lowest BCUT2D eigenvalue weighted by atomic mass is 9.96. The maximum atomic E-state index is 12.0. The van der Waals surface area contributed by atoms with E-state index in [4.69, 9.17) is 0 Å². The second-order valence-electron chi connectivity index (χ2n) is 5.85. The van der Waals surface area contributed by atoms with Crippen LogP contribution >= 0.6 is 0 Å². The monoisotopic (exact) mass is 255 g/mol. The first kappa shape index (κ1) is 15.4. The zero-order valence-corrected chi connectivity index (χ0v) is 12.3. The number of hydrogen-bond donors (Lipinski definition) is 2. The predicted octanol–water partition coefficient (Wildman–Crippen LogP) is 1.08. The Morgan fingerprint density at radius 1 is 1.28 bits per heavy atom. The summed E-state index contributed by atoms with van der Waals surface area (Å²) in [5, 5.41) is 6.26. The van der Waals surface area contributed by atoms with E-state index in [2.05, 4.69) is 29.4 Å². The Labute approximate surface area is 111 Å².